The summed E-state index contributed by atoms with van der Waals surface area (Å²) >= 11 is 5.89. The molecule has 0 aliphatic carbocycles. The van der Waals surface area contributed by atoms with Crippen LogP contribution in [0.15, 0.2) is 24.3 Å². The third kappa shape index (κ3) is 8.69. The molecule has 2 aromatic rings. The Bertz CT molecular complexity index is 1070. The Morgan fingerprint density at radius 2 is 1.84 bits per heavy atom. The number of carbonyl (C=O) groups excluding carboxylic acids is 2. The van der Waals surface area contributed by atoms with Crippen molar-refractivity contribution in [3.8, 4) is 5.75 Å². The Hall–Kier alpha value is -3.19. The van der Waals surface area contributed by atoms with Crippen LogP contribution in [0.5, 0.6) is 5.75 Å². The molecule has 1 atom stereocenters. The minimum absolute atomic E-state index is 0.0124. The van der Waals surface area contributed by atoms with Gasteiger partial charge < -0.3 is 41.5 Å². The summed E-state index contributed by atoms with van der Waals surface area (Å²) in [5.41, 5.74) is 12.5. The first-order valence-corrected chi connectivity index (χ1v) is 13.0. The predicted octanol–water partition coefficient (Wildman–Crippen LogP) is 0.313. The molecule has 0 radical (unpaired) electrons. The number of aromatic nitrogens is 2. The molecule has 1 fully saturated rings. The zero-order valence-electron chi connectivity index (χ0n) is 21.3. The summed E-state index contributed by atoms with van der Waals surface area (Å²) in [5.74, 6) is -0.186. The Morgan fingerprint density at radius 3 is 2.53 bits per heavy atom. The highest BCUT2D eigenvalue weighted by Crippen LogP contribution is 2.19. The number of nitrogens with one attached hydrogen (secondary N) is 1. The Kier molecular flexibility index (Phi) is 11.3. The van der Waals surface area contributed by atoms with Gasteiger partial charge in [-0.2, -0.15) is 0 Å². The summed E-state index contributed by atoms with van der Waals surface area (Å²) in [7, 11) is 0. The molecular formula is C25H36ClN7O5. The molecule has 208 valence electrons. The number of anilines is 2. The van der Waals surface area contributed by atoms with Gasteiger partial charge in [0.1, 0.15) is 5.75 Å². The van der Waals surface area contributed by atoms with E-state index in [1.807, 2.05) is 24.3 Å². The van der Waals surface area contributed by atoms with Crippen LogP contribution in [-0.4, -0.2) is 100 Å². The first-order valence-electron chi connectivity index (χ1n) is 12.6. The summed E-state index contributed by atoms with van der Waals surface area (Å²) in [6, 6.07) is 7.58. The number of nitrogens with two attached hydrogens (primary N) is 2. The second kappa shape index (κ2) is 14.7. The van der Waals surface area contributed by atoms with Gasteiger partial charge in [0.2, 0.25) is 0 Å². The summed E-state index contributed by atoms with van der Waals surface area (Å²) in [4.78, 5) is 36.3. The molecule has 1 aromatic carbocycles. The van der Waals surface area contributed by atoms with Gasteiger partial charge in [0.05, 0.1) is 13.2 Å². The number of amides is 2. The molecule has 2 amide bonds. The van der Waals surface area contributed by atoms with Gasteiger partial charge in [0.15, 0.2) is 29.1 Å². The van der Waals surface area contributed by atoms with Gasteiger partial charge in [-0.1, -0.05) is 23.7 Å². The van der Waals surface area contributed by atoms with Crippen molar-refractivity contribution in [3.63, 3.8) is 0 Å². The van der Waals surface area contributed by atoms with Crippen molar-refractivity contribution in [1.82, 2.24) is 25.1 Å². The highest BCUT2D eigenvalue weighted by atomic mass is 35.5. The number of nitrogen functional groups attached to an aromatic ring is 2. The maximum absolute atomic E-state index is 12.6. The number of ether oxygens (including phenoxy) is 1. The molecule has 12 nitrogen and oxygen atoms in total. The molecule has 0 bridgehead atoms. The monoisotopic (exact) mass is 549 g/mol. The molecule has 1 saturated heterocycles. The van der Waals surface area contributed by atoms with E-state index in [1.54, 1.807) is 0 Å². The summed E-state index contributed by atoms with van der Waals surface area (Å²) in [5, 5.41) is 21.0. The van der Waals surface area contributed by atoms with E-state index >= 15 is 0 Å². The van der Waals surface area contributed by atoms with Gasteiger partial charge in [-0.15, -0.1) is 0 Å². The molecular weight excluding hydrogens is 514 g/mol. The molecule has 1 aromatic heterocycles. The van der Waals surface area contributed by atoms with Crippen LogP contribution in [0.25, 0.3) is 0 Å². The maximum Gasteiger partial charge on any atom is 0.274 e. The molecule has 7 N–H and O–H groups in total. The smallest absolute Gasteiger partial charge is 0.274 e. The average molecular weight is 550 g/mol. The number of rotatable bonds is 13. The number of hydrogen-bond donors (Lipinski definition) is 5. The molecule has 0 saturated carbocycles. The minimum Gasteiger partial charge on any atom is -0.484 e. The zero-order chi connectivity index (χ0) is 27.5. The third-order valence-corrected chi connectivity index (χ3v) is 6.56. The van der Waals surface area contributed by atoms with E-state index < -0.39 is 5.91 Å². The Morgan fingerprint density at radius 1 is 1.13 bits per heavy atom. The highest BCUT2D eigenvalue weighted by Gasteiger charge is 2.24. The van der Waals surface area contributed by atoms with Crippen molar-refractivity contribution >= 4 is 35.1 Å². The number of hydrogen-bond acceptors (Lipinski definition) is 10. The lowest BCUT2D eigenvalue weighted by Gasteiger charge is -2.33. The molecule has 1 aliphatic heterocycles. The van der Waals surface area contributed by atoms with E-state index in [0.29, 0.717) is 5.75 Å². The van der Waals surface area contributed by atoms with Gasteiger partial charge in [0, 0.05) is 25.7 Å². The van der Waals surface area contributed by atoms with Gasteiger partial charge in [-0.3, -0.25) is 9.59 Å². The number of likely N-dealkylation sites (tertiary alicyclic amines) is 1. The van der Waals surface area contributed by atoms with Gasteiger partial charge in [-0.25, -0.2) is 9.97 Å². The van der Waals surface area contributed by atoms with Crippen LogP contribution >= 0.6 is 11.6 Å². The molecule has 0 spiro atoms. The van der Waals surface area contributed by atoms with Crippen LogP contribution in [0.4, 0.5) is 11.6 Å². The fourth-order valence-corrected chi connectivity index (χ4v) is 4.46. The lowest BCUT2D eigenvalue weighted by molar-refractivity contribution is -0.134. The second-order valence-corrected chi connectivity index (χ2v) is 9.47. The SMILES string of the molecule is Nc1nc(N)c(C(=O)N[C@H]2CCCN(CCCc3ccc(OCC(=O)N(CCO)CCO)cc3)C2)nc1Cl. The normalized spacial score (nSPS) is 15.7. The van der Waals surface area contributed by atoms with Crippen molar-refractivity contribution in [2.45, 2.75) is 31.7 Å². The van der Waals surface area contributed by atoms with Crippen molar-refractivity contribution in [1.29, 1.82) is 0 Å². The predicted molar refractivity (Wildman–Crippen MR) is 144 cm³/mol. The topological polar surface area (TPSA) is 180 Å². The first kappa shape index (κ1) is 29.4. The lowest BCUT2D eigenvalue weighted by atomic mass is 10.0. The number of aliphatic hydroxyl groups excluding tert-OH is 2. The van der Waals surface area contributed by atoms with Gasteiger partial charge in [0.25, 0.3) is 11.8 Å². The standard InChI is InChI=1S/C25H36ClN7O5/c26-22-24(28)31-23(27)21(30-22)25(37)29-18-4-2-10-32(15-18)9-1-3-17-5-7-19(8-6-17)38-16-20(36)33(11-13-34)12-14-35/h5-8,18,34-35H,1-4,9-16H2,(H,29,37)(H4,27,28,31)/t18-/m0/s1. The highest BCUT2D eigenvalue weighted by molar-refractivity contribution is 6.31. The number of piperidine rings is 1. The van der Waals surface area contributed by atoms with Crippen molar-refractivity contribution < 1.29 is 24.5 Å². The summed E-state index contributed by atoms with van der Waals surface area (Å²) in [6.07, 6.45) is 3.65. The van der Waals surface area contributed by atoms with Crippen molar-refractivity contribution in [2.75, 3.05) is 64.0 Å². The molecule has 1 aliphatic rings. The van der Waals surface area contributed by atoms with E-state index in [4.69, 9.17) is 38.0 Å². The zero-order valence-corrected chi connectivity index (χ0v) is 22.1. The number of benzene rings is 1. The summed E-state index contributed by atoms with van der Waals surface area (Å²) in [6.45, 7) is 2.40. The van der Waals surface area contributed by atoms with Crippen molar-refractivity contribution in [3.05, 3.63) is 40.7 Å². The fraction of sp³-hybridized carbons (Fsp3) is 0.520. The summed E-state index contributed by atoms with van der Waals surface area (Å²) < 4.78 is 5.56. The fourth-order valence-electron chi connectivity index (χ4n) is 4.34. The van der Waals surface area contributed by atoms with E-state index in [2.05, 4.69) is 20.2 Å². The molecule has 3 rings (SSSR count). The van der Waals surface area contributed by atoms with Crippen LogP contribution in [0.3, 0.4) is 0 Å². The van der Waals surface area contributed by atoms with Crippen LogP contribution < -0.4 is 21.5 Å². The van der Waals surface area contributed by atoms with Crippen LogP contribution in [0.1, 0.15) is 35.3 Å². The first-order chi connectivity index (χ1) is 18.3. The van der Waals surface area contributed by atoms with E-state index in [1.165, 1.54) is 4.90 Å². The number of carbonyl (C=O) groups is 2. The number of aryl methyl sites for hydroxylation is 1. The Labute approximate surface area is 226 Å². The second-order valence-electron chi connectivity index (χ2n) is 9.11. The number of halogens is 1. The molecule has 13 heteroatoms. The van der Waals surface area contributed by atoms with Gasteiger partial charge >= 0.3 is 0 Å². The Balaban J connectivity index is 1.40. The average Bonchev–Trinajstić information content (AvgIpc) is 2.90. The quantitative estimate of drug-likeness (QED) is 0.233. The maximum atomic E-state index is 12.6. The molecule has 2 heterocycles. The minimum atomic E-state index is -0.415. The lowest BCUT2D eigenvalue weighted by Crippen LogP contribution is -2.48. The molecule has 0 unspecified atom stereocenters. The van der Waals surface area contributed by atoms with Crippen LogP contribution in [-0.2, 0) is 11.2 Å². The number of nitrogens with zero attached hydrogens (tertiary/aromatic N) is 4. The van der Waals surface area contributed by atoms with Gasteiger partial charge in [-0.05, 0) is 56.5 Å². The van der Waals surface area contributed by atoms with E-state index in [0.717, 1.165) is 50.9 Å². The van der Waals surface area contributed by atoms with Crippen LogP contribution in [0, 0.1) is 0 Å². The van der Waals surface area contributed by atoms with Crippen molar-refractivity contribution in [2.24, 2.45) is 0 Å². The molecule has 38 heavy (non-hydrogen) atoms. The van der Waals surface area contributed by atoms with E-state index in [-0.39, 0.29) is 67.3 Å². The van der Waals surface area contributed by atoms with Crippen LogP contribution in [0.2, 0.25) is 5.15 Å². The third-order valence-electron chi connectivity index (χ3n) is 6.28. The number of aliphatic hydroxyl groups is 2. The van der Waals surface area contributed by atoms with E-state index in [9.17, 15) is 9.59 Å². The largest absolute Gasteiger partial charge is 0.484 e.